The molecule has 4 nitrogen and oxygen atoms in total. The van der Waals surface area contributed by atoms with Gasteiger partial charge in [-0.05, 0) is 55.4 Å². The van der Waals surface area contributed by atoms with Crippen LogP contribution in [0.25, 0.3) is 16.5 Å². The number of ether oxygens (including phenoxy) is 1. The number of benzene rings is 2. The zero-order valence-corrected chi connectivity index (χ0v) is 17.6. The van der Waals surface area contributed by atoms with E-state index >= 15 is 0 Å². The molecule has 1 aliphatic rings. The molecule has 0 aliphatic carbocycles. The van der Waals surface area contributed by atoms with Gasteiger partial charge in [-0.3, -0.25) is 0 Å². The number of carbonyl (C=O) groups excluding carboxylic acids is 1. The zero-order valence-electron chi connectivity index (χ0n) is 17.6. The number of aromatic nitrogens is 1. The molecule has 0 saturated heterocycles. The molecule has 156 valence electrons. The fourth-order valence-electron chi connectivity index (χ4n) is 4.39. The molecule has 0 amide bonds. The van der Waals surface area contributed by atoms with Crippen molar-refractivity contribution in [2.24, 2.45) is 0 Å². The van der Waals surface area contributed by atoms with Gasteiger partial charge in [0.1, 0.15) is 5.69 Å². The van der Waals surface area contributed by atoms with Gasteiger partial charge in [-0.1, -0.05) is 61.0 Å². The van der Waals surface area contributed by atoms with Gasteiger partial charge in [-0.15, -0.1) is 0 Å². The maximum atomic E-state index is 12.4. The first-order valence-electron chi connectivity index (χ1n) is 11.0. The molecule has 3 aromatic rings. The van der Waals surface area contributed by atoms with Crippen molar-refractivity contribution < 1.29 is 9.53 Å². The normalized spacial score (nSPS) is 16.4. The van der Waals surface area contributed by atoms with Crippen molar-refractivity contribution in [2.45, 2.75) is 45.1 Å². The van der Waals surface area contributed by atoms with Gasteiger partial charge >= 0.3 is 5.97 Å². The van der Waals surface area contributed by atoms with E-state index in [9.17, 15) is 4.79 Å². The van der Waals surface area contributed by atoms with Crippen LogP contribution < -0.4 is 5.32 Å². The van der Waals surface area contributed by atoms with Crippen LogP contribution in [0, 0.1) is 0 Å². The van der Waals surface area contributed by atoms with Crippen LogP contribution in [0.1, 0.15) is 54.2 Å². The Bertz CT molecular complexity index is 1020. The van der Waals surface area contributed by atoms with Gasteiger partial charge in [0.15, 0.2) is 0 Å². The summed E-state index contributed by atoms with van der Waals surface area (Å²) in [4.78, 5) is 15.7. The van der Waals surface area contributed by atoms with Crippen LogP contribution in [0.3, 0.4) is 0 Å². The number of aryl methyl sites for hydroxylation is 1. The number of para-hydroxylation sites is 1. The second kappa shape index (κ2) is 9.77. The molecule has 30 heavy (non-hydrogen) atoms. The van der Waals surface area contributed by atoms with Crippen LogP contribution >= 0.6 is 0 Å². The first-order chi connectivity index (χ1) is 14.8. The molecule has 2 aromatic carbocycles. The van der Waals surface area contributed by atoms with Crippen molar-refractivity contribution in [3.8, 4) is 0 Å². The smallest absolute Gasteiger partial charge is 0.355 e. The van der Waals surface area contributed by atoms with E-state index in [2.05, 4.69) is 52.8 Å². The second-order valence-electron chi connectivity index (χ2n) is 7.90. The maximum absolute atomic E-state index is 12.4. The van der Waals surface area contributed by atoms with Crippen LogP contribution in [0.15, 0.2) is 60.7 Å². The Morgan fingerprint density at radius 3 is 2.70 bits per heavy atom. The third-order valence-electron chi connectivity index (χ3n) is 5.89. The lowest BCUT2D eigenvalue weighted by Gasteiger charge is -2.24. The number of H-pyrrole nitrogens is 1. The van der Waals surface area contributed by atoms with Gasteiger partial charge in [0.25, 0.3) is 0 Å². The Hall–Kier alpha value is -2.85. The molecule has 0 bridgehead atoms. The lowest BCUT2D eigenvalue weighted by atomic mass is 9.92. The number of esters is 1. The van der Waals surface area contributed by atoms with Gasteiger partial charge in [-0.2, -0.15) is 0 Å². The fraction of sp³-hybridized carbons (Fsp3) is 0.346. The average molecular weight is 403 g/mol. The van der Waals surface area contributed by atoms with E-state index in [-0.39, 0.29) is 5.97 Å². The van der Waals surface area contributed by atoms with Crippen LogP contribution in [0.4, 0.5) is 0 Å². The molecule has 1 aromatic heterocycles. The number of aromatic amines is 1. The van der Waals surface area contributed by atoms with Crippen LogP contribution in [0.2, 0.25) is 0 Å². The highest BCUT2D eigenvalue weighted by molar-refractivity contribution is 5.98. The topological polar surface area (TPSA) is 54.1 Å². The van der Waals surface area contributed by atoms with Crippen molar-refractivity contribution in [1.29, 1.82) is 0 Å². The molecular weight excluding hydrogens is 372 g/mol. The number of hydrogen-bond donors (Lipinski definition) is 2. The highest BCUT2D eigenvalue weighted by atomic mass is 16.5. The van der Waals surface area contributed by atoms with E-state index in [1.807, 2.05) is 25.1 Å². The highest BCUT2D eigenvalue weighted by Gasteiger charge is 2.19. The van der Waals surface area contributed by atoms with Gasteiger partial charge in [0.2, 0.25) is 0 Å². The summed E-state index contributed by atoms with van der Waals surface area (Å²) in [5.74, 6) is -0.254. The molecule has 0 radical (unpaired) electrons. The highest BCUT2D eigenvalue weighted by Crippen LogP contribution is 2.27. The Labute approximate surface area is 178 Å². The fourth-order valence-corrected chi connectivity index (χ4v) is 4.39. The van der Waals surface area contributed by atoms with E-state index in [1.165, 1.54) is 11.1 Å². The summed E-state index contributed by atoms with van der Waals surface area (Å²) in [6.45, 7) is 3.16. The van der Waals surface area contributed by atoms with Gasteiger partial charge in [-0.25, -0.2) is 4.79 Å². The number of hydrogen-bond acceptors (Lipinski definition) is 3. The predicted molar refractivity (Wildman–Crippen MR) is 123 cm³/mol. The minimum absolute atomic E-state index is 0.254. The molecule has 0 spiro atoms. The van der Waals surface area contributed by atoms with Gasteiger partial charge < -0.3 is 15.0 Å². The summed E-state index contributed by atoms with van der Waals surface area (Å²) in [5.41, 5.74) is 5.48. The molecular formula is C26H30N2O2. The van der Waals surface area contributed by atoms with Crippen LogP contribution in [-0.4, -0.2) is 30.1 Å². The minimum atomic E-state index is -0.254. The number of unbranched alkanes of at least 4 members (excludes halogenated alkanes) is 1. The van der Waals surface area contributed by atoms with E-state index in [0.717, 1.165) is 55.1 Å². The zero-order chi connectivity index (χ0) is 20.8. The first-order valence-corrected chi connectivity index (χ1v) is 11.0. The molecule has 1 atom stereocenters. The Morgan fingerprint density at radius 1 is 1.07 bits per heavy atom. The molecule has 2 heterocycles. The van der Waals surface area contributed by atoms with Crippen LogP contribution in [-0.2, 0) is 11.2 Å². The molecule has 2 N–H and O–H groups in total. The maximum Gasteiger partial charge on any atom is 0.355 e. The van der Waals surface area contributed by atoms with Crippen molar-refractivity contribution in [1.82, 2.24) is 10.3 Å². The van der Waals surface area contributed by atoms with Crippen molar-refractivity contribution in [3.05, 3.63) is 77.5 Å². The summed E-state index contributed by atoms with van der Waals surface area (Å²) < 4.78 is 5.27. The Kier molecular flexibility index (Phi) is 6.65. The lowest BCUT2D eigenvalue weighted by molar-refractivity contribution is 0.0519. The van der Waals surface area contributed by atoms with Crippen LogP contribution in [0.5, 0.6) is 0 Å². The average Bonchev–Trinajstić information content (AvgIpc) is 3.16. The van der Waals surface area contributed by atoms with Crippen molar-refractivity contribution in [2.75, 3.05) is 13.2 Å². The third kappa shape index (κ3) is 4.65. The molecule has 1 unspecified atom stereocenters. The van der Waals surface area contributed by atoms with E-state index in [0.29, 0.717) is 18.3 Å². The summed E-state index contributed by atoms with van der Waals surface area (Å²) in [5, 5.41) is 4.76. The monoisotopic (exact) mass is 402 g/mol. The van der Waals surface area contributed by atoms with Gasteiger partial charge in [0, 0.05) is 23.5 Å². The van der Waals surface area contributed by atoms with Crippen molar-refractivity contribution >= 4 is 22.4 Å². The summed E-state index contributed by atoms with van der Waals surface area (Å²) in [7, 11) is 0. The molecule has 4 rings (SSSR count). The SMILES string of the molecule is CCOC(=O)c1[nH]c2ccccc2c1CCCCC1CC(c2ccccc2)=CCN1. The number of carbonyl (C=O) groups is 1. The Balaban J connectivity index is 1.36. The standard InChI is InChI=1S/C26H30N2O2/c1-2-30-26(29)25-23(22-13-8-9-15-24(22)28-25)14-7-6-12-21-18-20(16-17-27-21)19-10-4-3-5-11-19/h3-5,8-11,13,15-16,21,27-28H,2,6-7,12,14,17-18H2,1H3. The Morgan fingerprint density at radius 2 is 1.87 bits per heavy atom. The molecule has 0 fully saturated rings. The van der Waals surface area contributed by atoms with Gasteiger partial charge in [0.05, 0.1) is 6.61 Å². The summed E-state index contributed by atoms with van der Waals surface area (Å²) >= 11 is 0. The number of fused-ring (bicyclic) bond motifs is 1. The summed E-state index contributed by atoms with van der Waals surface area (Å²) in [6.07, 6.45) is 7.58. The number of rotatable bonds is 8. The quantitative estimate of drug-likeness (QED) is 0.386. The third-order valence-corrected chi connectivity index (χ3v) is 5.89. The van der Waals surface area contributed by atoms with E-state index in [1.54, 1.807) is 0 Å². The molecule has 1 aliphatic heterocycles. The minimum Gasteiger partial charge on any atom is -0.461 e. The second-order valence-corrected chi connectivity index (χ2v) is 7.90. The molecule has 4 heteroatoms. The number of nitrogens with one attached hydrogen (secondary N) is 2. The predicted octanol–water partition coefficient (Wildman–Crippen LogP) is 5.50. The largest absolute Gasteiger partial charge is 0.461 e. The lowest BCUT2D eigenvalue weighted by Crippen LogP contribution is -2.32. The summed E-state index contributed by atoms with van der Waals surface area (Å²) in [6, 6.07) is 19.3. The van der Waals surface area contributed by atoms with Crippen molar-refractivity contribution in [3.63, 3.8) is 0 Å². The van der Waals surface area contributed by atoms with E-state index < -0.39 is 0 Å². The van der Waals surface area contributed by atoms with E-state index in [4.69, 9.17) is 4.74 Å². The first kappa shape index (κ1) is 20.4. The molecule has 0 saturated carbocycles.